The lowest BCUT2D eigenvalue weighted by Gasteiger charge is -2.41. The van der Waals surface area contributed by atoms with Crippen molar-refractivity contribution < 1.29 is 33.1 Å². The van der Waals surface area contributed by atoms with Gasteiger partial charge in [-0.2, -0.15) is 10.2 Å². The molecule has 0 bridgehead atoms. The highest BCUT2D eigenvalue weighted by molar-refractivity contribution is 6.31. The molecule has 1 unspecified atom stereocenters. The fourth-order valence-electron chi connectivity index (χ4n) is 5.41. The molecule has 2 aromatic rings. The van der Waals surface area contributed by atoms with Crippen molar-refractivity contribution in [2.24, 2.45) is 0 Å². The van der Waals surface area contributed by atoms with E-state index in [2.05, 4.69) is 9.97 Å². The average Bonchev–Trinajstić information content (AvgIpc) is 2.93. The van der Waals surface area contributed by atoms with Crippen LogP contribution in [0.25, 0.3) is 0 Å². The van der Waals surface area contributed by atoms with E-state index in [1.54, 1.807) is 27.7 Å². The minimum Gasteiger partial charge on any atom is -0.464 e. The number of esters is 1. The molecule has 13 nitrogen and oxygen atoms in total. The van der Waals surface area contributed by atoms with Crippen molar-refractivity contribution in [3.63, 3.8) is 0 Å². The Bertz CT molecular complexity index is 1510. The van der Waals surface area contributed by atoms with Crippen LogP contribution in [0.3, 0.4) is 0 Å². The van der Waals surface area contributed by atoms with Crippen LogP contribution >= 0.6 is 23.2 Å². The summed E-state index contributed by atoms with van der Waals surface area (Å²) >= 11 is 12.7. The number of aromatic nitrogens is 2. The molecule has 44 heavy (non-hydrogen) atoms. The van der Waals surface area contributed by atoms with Crippen LogP contribution in [-0.4, -0.2) is 76.3 Å². The van der Waals surface area contributed by atoms with E-state index >= 15 is 4.39 Å². The molecule has 1 amide bonds. The first-order valence-electron chi connectivity index (χ1n) is 13.8. The van der Waals surface area contributed by atoms with E-state index in [0.717, 1.165) is 6.07 Å². The first-order valence-corrected chi connectivity index (χ1v) is 14.6. The summed E-state index contributed by atoms with van der Waals surface area (Å²) in [7, 11) is 0. The summed E-state index contributed by atoms with van der Waals surface area (Å²) in [6.07, 6.45) is -1.15. The lowest BCUT2D eigenvalue weighted by atomic mass is 9.82. The summed E-state index contributed by atoms with van der Waals surface area (Å²) in [5.41, 5.74) is -3.74. The van der Waals surface area contributed by atoms with Crippen molar-refractivity contribution in [3.8, 4) is 6.07 Å². The minimum absolute atomic E-state index is 0.0208. The van der Waals surface area contributed by atoms with Crippen molar-refractivity contribution in [3.05, 3.63) is 55.2 Å². The number of carbonyl (C=O) groups excluding carboxylic acids is 2. The van der Waals surface area contributed by atoms with Crippen molar-refractivity contribution in [2.45, 2.75) is 64.2 Å². The molecule has 0 radical (unpaired) electrons. The number of ether oxygens (including phenoxy) is 3. The van der Waals surface area contributed by atoms with Gasteiger partial charge < -0.3 is 24.0 Å². The Labute approximate surface area is 262 Å². The second kappa shape index (κ2) is 13.1. The second-order valence-electron chi connectivity index (χ2n) is 11.2. The van der Waals surface area contributed by atoms with E-state index in [4.69, 9.17) is 37.4 Å². The molecule has 0 saturated carbocycles. The van der Waals surface area contributed by atoms with E-state index in [1.165, 1.54) is 15.9 Å². The summed E-state index contributed by atoms with van der Waals surface area (Å²) in [4.78, 5) is 49.4. The van der Waals surface area contributed by atoms with Gasteiger partial charge in [-0.25, -0.2) is 19.0 Å². The molecule has 1 aromatic heterocycles. The predicted octanol–water partition coefficient (Wildman–Crippen LogP) is 4.74. The molecule has 0 N–H and O–H groups in total. The Morgan fingerprint density at radius 1 is 1.30 bits per heavy atom. The van der Waals surface area contributed by atoms with E-state index in [1.807, 2.05) is 6.07 Å². The molecule has 1 fully saturated rings. The second-order valence-corrected chi connectivity index (χ2v) is 12.0. The van der Waals surface area contributed by atoms with Crippen LogP contribution < -0.4 is 4.90 Å². The molecule has 2 aliphatic rings. The standard InChI is InChI=1S/C28H31Cl2FN6O7/c1-5-42-24(38)28(21-17(9-13-43-28)18(29)6-7-19(21)31)14-20-22(37(40)41)23(34-25(30)33-20)35-11-12-36(16(15-35)8-10-32)26(39)44-27(2,3)4/h6-7,16H,5,8-9,11-15H2,1-4H3/t16-,28?/m0/s1. The van der Waals surface area contributed by atoms with E-state index in [0.29, 0.717) is 5.56 Å². The monoisotopic (exact) mass is 652 g/mol. The van der Waals surface area contributed by atoms with Gasteiger partial charge in [-0.15, -0.1) is 0 Å². The molecular formula is C28H31Cl2FN6O7. The summed E-state index contributed by atoms with van der Waals surface area (Å²) in [5, 5.41) is 21.9. The fourth-order valence-corrected chi connectivity index (χ4v) is 5.84. The Kier molecular flexibility index (Phi) is 9.82. The third-order valence-corrected chi connectivity index (χ3v) is 7.68. The molecule has 1 saturated heterocycles. The normalized spacial score (nSPS) is 20.0. The van der Waals surface area contributed by atoms with Crippen molar-refractivity contribution >= 4 is 46.8 Å². The maximum Gasteiger partial charge on any atom is 0.410 e. The number of nitrogens with zero attached hydrogens (tertiary/aromatic N) is 6. The molecule has 0 aliphatic carbocycles. The number of nitriles is 1. The first-order chi connectivity index (χ1) is 20.7. The van der Waals surface area contributed by atoms with Gasteiger partial charge in [0.05, 0.1) is 36.7 Å². The number of carbonyl (C=O) groups is 2. The van der Waals surface area contributed by atoms with Gasteiger partial charge in [0.2, 0.25) is 11.1 Å². The zero-order valence-corrected chi connectivity index (χ0v) is 26.1. The molecule has 1 aromatic carbocycles. The molecule has 2 aliphatic heterocycles. The number of piperazine rings is 1. The Morgan fingerprint density at radius 3 is 2.66 bits per heavy atom. The average molecular weight is 653 g/mol. The lowest BCUT2D eigenvalue weighted by molar-refractivity contribution is -0.385. The molecule has 0 spiro atoms. The number of benzene rings is 1. The van der Waals surface area contributed by atoms with Gasteiger partial charge in [0.1, 0.15) is 17.1 Å². The molecule has 3 heterocycles. The van der Waals surface area contributed by atoms with E-state index in [-0.39, 0.29) is 73.1 Å². The van der Waals surface area contributed by atoms with Gasteiger partial charge in [-0.05, 0) is 63.4 Å². The Balaban J connectivity index is 1.81. The zero-order valence-electron chi connectivity index (χ0n) is 24.6. The van der Waals surface area contributed by atoms with Gasteiger partial charge in [0.25, 0.3) is 0 Å². The van der Waals surface area contributed by atoms with Crippen LogP contribution in [0.4, 0.5) is 20.7 Å². The third kappa shape index (κ3) is 6.64. The van der Waals surface area contributed by atoms with Crippen molar-refractivity contribution in [1.29, 1.82) is 5.26 Å². The topological polar surface area (TPSA) is 161 Å². The molecular weight excluding hydrogens is 622 g/mol. The molecule has 2 atom stereocenters. The number of amides is 1. The lowest BCUT2D eigenvalue weighted by Crippen LogP contribution is -2.56. The van der Waals surface area contributed by atoms with E-state index in [9.17, 15) is 25.0 Å². The number of rotatable bonds is 7. The maximum atomic E-state index is 15.5. The number of hydrogen-bond acceptors (Lipinski definition) is 11. The summed E-state index contributed by atoms with van der Waals surface area (Å²) < 4.78 is 32.2. The van der Waals surface area contributed by atoms with Gasteiger partial charge in [0, 0.05) is 36.6 Å². The number of nitro groups is 1. The third-order valence-electron chi connectivity index (χ3n) is 7.16. The van der Waals surface area contributed by atoms with E-state index < -0.39 is 52.2 Å². The van der Waals surface area contributed by atoms with Crippen LogP contribution in [0.2, 0.25) is 10.3 Å². The van der Waals surface area contributed by atoms with Gasteiger partial charge in [-0.1, -0.05) is 11.6 Å². The van der Waals surface area contributed by atoms with Gasteiger partial charge in [0.15, 0.2) is 5.60 Å². The molecule has 4 rings (SSSR count). The number of fused-ring (bicyclic) bond motifs is 1. The van der Waals surface area contributed by atoms with Crippen molar-refractivity contribution in [2.75, 3.05) is 37.7 Å². The minimum atomic E-state index is -2.17. The Morgan fingerprint density at radius 2 is 2.02 bits per heavy atom. The number of anilines is 1. The fraction of sp³-hybridized carbons (Fsp3) is 0.536. The van der Waals surface area contributed by atoms with Gasteiger partial charge in [-0.3, -0.25) is 10.1 Å². The van der Waals surface area contributed by atoms with Crippen LogP contribution in [0.1, 0.15) is 50.9 Å². The quantitative estimate of drug-likeness (QED) is 0.176. The highest BCUT2D eigenvalue weighted by Gasteiger charge is 2.51. The maximum absolute atomic E-state index is 15.5. The molecule has 236 valence electrons. The molecule has 16 heteroatoms. The van der Waals surface area contributed by atoms with Crippen molar-refractivity contribution in [1.82, 2.24) is 14.9 Å². The summed E-state index contributed by atoms with van der Waals surface area (Å²) in [6, 6.07) is 3.77. The highest BCUT2D eigenvalue weighted by Crippen LogP contribution is 2.44. The zero-order chi connectivity index (χ0) is 32.4. The predicted molar refractivity (Wildman–Crippen MR) is 156 cm³/mol. The summed E-state index contributed by atoms with van der Waals surface area (Å²) in [6.45, 7) is 6.66. The van der Waals surface area contributed by atoms with Gasteiger partial charge >= 0.3 is 17.7 Å². The number of halogens is 3. The largest absolute Gasteiger partial charge is 0.464 e. The Hall–Kier alpha value is -3.80. The van der Waals surface area contributed by atoms with Crippen LogP contribution in [0.15, 0.2) is 12.1 Å². The number of hydrogen-bond donors (Lipinski definition) is 0. The van der Waals surface area contributed by atoms with Crippen LogP contribution in [-0.2, 0) is 37.4 Å². The highest BCUT2D eigenvalue weighted by atomic mass is 35.5. The SMILES string of the molecule is CCOC(=O)C1(Cc2nc(Cl)nc(N3CCN(C(=O)OC(C)(C)C)[C@@H](CC#N)C3)c2[N+](=O)[O-])OCCc2c(Cl)ccc(F)c21. The van der Waals surface area contributed by atoms with Crippen LogP contribution in [0, 0.1) is 27.3 Å². The first kappa shape index (κ1) is 33.1. The smallest absolute Gasteiger partial charge is 0.410 e. The van der Waals surface area contributed by atoms with Crippen LogP contribution in [0.5, 0.6) is 0 Å². The summed E-state index contributed by atoms with van der Waals surface area (Å²) in [5.74, 6) is -1.98.